The minimum Gasteiger partial charge on any atom is -0.458 e. The van der Waals surface area contributed by atoms with Gasteiger partial charge in [-0.2, -0.15) is 8.42 Å². The molecule has 1 fully saturated rings. The number of carbonyl (C=O) groups excluding carboxylic acids is 1. The topological polar surface area (TPSA) is 178 Å². The van der Waals surface area contributed by atoms with Gasteiger partial charge in [-0.1, -0.05) is 99.1 Å². The number of rotatable bonds is 28. The van der Waals surface area contributed by atoms with E-state index in [1.807, 2.05) is 0 Å². The molecular formula is C37H60O12S. The number of allylic oxidation sites excluding steroid dienone is 12. The molecule has 1 heterocycles. The van der Waals surface area contributed by atoms with Crippen LogP contribution >= 0.6 is 0 Å². The van der Waals surface area contributed by atoms with Crippen LogP contribution in [-0.4, -0.2) is 97.5 Å². The number of carbonyl (C=O) groups is 1. The molecule has 0 aromatic carbocycles. The Balaban J connectivity index is 2.15. The molecule has 1 aliphatic heterocycles. The fraction of sp³-hybridized carbons (Fsp3) is 0.649. The van der Waals surface area contributed by atoms with Gasteiger partial charge in [-0.25, -0.2) is 4.18 Å². The fourth-order valence-electron chi connectivity index (χ4n) is 4.85. The van der Waals surface area contributed by atoms with Gasteiger partial charge in [-0.3, -0.25) is 9.35 Å². The van der Waals surface area contributed by atoms with E-state index in [-0.39, 0.29) is 13.2 Å². The molecule has 0 saturated carbocycles. The molecule has 50 heavy (non-hydrogen) atoms. The molecule has 1 saturated heterocycles. The van der Waals surface area contributed by atoms with Crippen molar-refractivity contribution in [1.29, 1.82) is 0 Å². The van der Waals surface area contributed by atoms with Gasteiger partial charge in [0, 0.05) is 13.5 Å². The minimum absolute atomic E-state index is 0.00206. The summed E-state index contributed by atoms with van der Waals surface area (Å²) in [5.74, 6) is -0.588. The average Bonchev–Trinajstić information content (AvgIpc) is 3.07. The van der Waals surface area contributed by atoms with Gasteiger partial charge < -0.3 is 34.3 Å². The molecule has 0 aliphatic carbocycles. The Morgan fingerprint density at radius 3 is 1.80 bits per heavy atom. The van der Waals surface area contributed by atoms with Gasteiger partial charge in [-0.05, 0) is 57.8 Å². The van der Waals surface area contributed by atoms with Crippen LogP contribution in [0, 0.1) is 0 Å². The zero-order valence-electron chi connectivity index (χ0n) is 29.7. The maximum atomic E-state index is 11.6. The number of esters is 1. The molecule has 12 nitrogen and oxygen atoms in total. The summed E-state index contributed by atoms with van der Waals surface area (Å²) in [5.41, 5.74) is 0. The van der Waals surface area contributed by atoms with Crippen LogP contribution in [0.4, 0.5) is 0 Å². The van der Waals surface area contributed by atoms with Gasteiger partial charge >= 0.3 is 16.4 Å². The molecule has 0 bridgehead atoms. The van der Waals surface area contributed by atoms with Gasteiger partial charge in [-0.15, -0.1) is 0 Å². The smallest absolute Gasteiger partial charge is 0.397 e. The molecular weight excluding hydrogens is 668 g/mol. The molecule has 6 unspecified atom stereocenters. The van der Waals surface area contributed by atoms with Gasteiger partial charge in [0.1, 0.15) is 30.5 Å². The summed E-state index contributed by atoms with van der Waals surface area (Å²) in [6.07, 6.45) is 29.2. The summed E-state index contributed by atoms with van der Waals surface area (Å²) < 4.78 is 57.3. The number of aliphatic hydroxyl groups excluding tert-OH is 3. The third-order valence-electron chi connectivity index (χ3n) is 7.39. The number of hydrogen-bond donors (Lipinski definition) is 4. The van der Waals surface area contributed by atoms with Crippen molar-refractivity contribution in [3.8, 4) is 0 Å². The largest absolute Gasteiger partial charge is 0.458 e. The van der Waals surface area contributed by atoms with Crippen molar-refractivity contribution in [3.05, 3.63) is 72.9 Å². The Hall–Kier alpha value is -2.46. The Bertz CT molecular complexity index is 1160. The zero-order valence-corrected chi connectivity index (χ0v) is 30.5. The minimum atomic E-state index is -5.04. The van der Waals surface area contributed by atoms with E-state index in [0.29, 0.717) is 6.61 Å². The van der Waals surface area contributed by atoms with Crippen LogP contribution in [0.2, 0.25) is 0 Å². The van der Waals surface area contributed by atoms with Crippen LogP contribution in [0.15, 0.2) is 72.9 Å². The summed E-state index contributed by atoms with van der Waals surface area (Å²) in [6.45, 7) is 2.75. The molecule has 0 amide bonds. The fourth-order valence-corrected chi connectivity index (χ4v) is 5.36. The Labute approximate surface area is 299 Å². The van der Waals surface area contributed by atoms with E-state index in [0.717, 1.165) is 77.0 Å². The maximum Gasteiger partial charge on any atom is 0.397 e. The highest BCUT2D eigenvalue weighted by Gasteiger charge is 2.48. The summed E-state index contributed by atoms with van der Waals surface area (Å²) in [6, 6.07) is 0. The molecule has 13 heteroatoms. The molecule has 0 aromatic heterocycles. The Morgan fingerprint density at radius 2 is 1.28 bits per heavy atom. The third-order valence-corrected chi connectivity index (χ3v) is 7.86. The molecule has 6 atom stereocenters. The summed E-state index contributed by atoms with van der Waals surface area (Å²) in [4.78, 5) is 11.6. The first-order chi connectivity index (χ1) is 24.1. The van der Waals surface area contributed by atoms with Crippen LogP contribution in [0.25, 0.3) is 0 Å². The van der Waals surface area contributed by atoms with Crippen molar-refractivity contribution < 1.29 is 56.2 Å². The van der Waals surface area contributed by atoms with Crippen molar-refractivity contribution in [2.45, 2.75) is 128 Å². The monoisotopic (exact) mass is 728 g/mol. The predicted octanol–water partition coefficient (Wildman–Crippen LogP) is 5.62. The zero-order chi connectivity index (χ0) is 36.9. The van der Waals surface area contributed by atoms with Crippen molar-refractivity contribution in [2.75, 3.05) is 26.4 Å². The van der Waals surface area contributed by atoms with Crippen molar-refractivity contribution >= 4 is 16.4 Å². The summed E-state index contributed by atoms with van der Waals surface area (Å²) in [7, 11) is -5.04. The highest BCUT2D eigenvalue weighted by molar-refractivity contribution is 7.80. The molecule has 4 N–H and O–H groups in total. The van der Waals surface area contributed by atoms with Crippen molar-refractivity contribution in [2.24, 2.45) is 0 Å². The highest BCUT2D eigenvalue weighted by Crippen LogP contribution is 2.25. The average molecular weight is 729 g/mol. The van der Waals surface area contributed by atoms with Gasteiger partial charge in [0.15, 0.2) is 6.29 Å². The molecule has 1 rings (SSSR count). The molecule has 0 spiro atoms. The van der Waals surface area contributed by atoms with E-state index in [4.69, 9.17) is 23.5 Å². The van der Waals surface area contributed by atoms with E-state index in [1.165, 1.54) is 6.92 Å². The first-order valence-electron chi connectivity index (χ1n) is 17.6. The Morgan fingerprint density at radius 1 is 0.760 bits per heavy atom. The maximum absolute atomic E-state index is 11.6. The van der Waals surface area contributed by atoms with E-state index < -0.39 is 59.8 Å². The lowest BCUT2D eigenvalue weighted by molar-refractivity contribution is -0.301. The van der Waals surface area contributed by atoms with Gasteiger partial charge in [0.2, 0.25) is 0 Å². The second kappa shape index (κ2) is 29.2. The first-order valence-corrected chi connectivity index (χ1v) is 19.0. The first kappa shape index (κ1) is 45.6. The lowest BCUT2D eigenvalue weighted by atomic mass is 9.99. The van der Waals surface area contributed by atoms with Crippen LogP contribution in [0.3, 0.4) is 0 Å². The molecule has 286 valence electrons. The number of aliphatic hydroxyl groups is 3. The third kappa shape index (κ3) is 23.9. The lowest BCUT2D eigenvalue weighted by Crippen LogP contribution is -2.60. The van der Waals surface area contributed by atoms with Gasteiger partial charge in [0.25, 0.3) is 0 Å². The highest BCUT2D eigenvalue weighted by atomic mass is 32.3. The second-order valence-electron chi connectivity index (χ2n) is 11.8. The quantitative estimate of drug-likeness (QED) is 0.0339. The van der Waals surface area contributed by atoms with Crippen LogP contribution in [-0.2, 0) is 38.3 Å². The normalized spacial score (nSPS) is 22.7. The standard InChI is InChI=1S/C37H60O12S/c1-3-4-5-6-7-8-9-10-11-12-13-14-15-16-17-18-19-20-21-22-23-24-25-26-27-45-29-32(47-31(2)39)30-46-37-35(41)36(49-50(42,43)44)34(40)33(28-38)48-37/h4-5,7-8,10-11,13-14,16-17,19-20,32-38,40-41H,3,6,9,12,15,18,21-30H2,1-2H3,(H,42,43,44)/b5-4-,8-7-,11-10-,14-13-,17-16-,20-19-. The Kier molecular flexibility index (Phi) is 26.6. The van der Waals surface area contributed by atoms with Crippen LogP contribution in [0.5, 0.6) is 0 Å². The SMILES string of the molecule is CC/C=C\C/C=C\C/C=C\C/C=C\C/C=C\C/C=C\CCCCCCCOCC(COC1OC(CO)C(O)C(OS(=O)(=O)O)C1O)OC(C)=O. The van der Waals surface area contributed by atoms with E-state index in [1.54, 1.807) is 0 Å². The predicted molar refractivity (Wildman–Crippen MR) is 192 cm³/mol. The number of unbranched alkanes of at least 4 members (excludes halogenated alkanes) is 5. The second-order valence-corrected chi connectivity index (χ2v) is 12.9. The summed E-state index contributed by atoms with van der Waals surface area (Å²) in [5, 5.41) is 30.0. The van der Waals surface area contributed by atoms with E-state index in [9.17, 15) is 28.5 Å². The van der Waals surface area contributed by atoms with Crippen molar-refractivity contribution in [1.82, 2.24) is 0 Å². The summed E-state index contributed by atoms with van der Waals surface area (Å²) >= 11 is 0. The molecule has 0 radical (unpaired) electrons. The van der Waals surface area contributed by atoms with E-state index in [2.05, 4.69) is 84.0 Å². The van der Waals surface area contributed by atoms with Gasteiger partial charge in [0.05, 0.1) is 19.8 Å². The lowest BCUT2D eigenvalue weighted by Gasteiger charge is -2.41. The number of hydrogen-bond acceptors (Lipinski definition) is 11. The van der Waals surface area contributed by atoms with Crippen molar-refractivity contribution in [3.63, 3.8) is 0 Å². The molecule has 1 aliphatic rings. The number of ether oxygens (including phenoxy) is 4. The van der Waals surface area contributed by atoms with Crippen LogP contribution in [0.1, 0.15) is 90.9 Å². The van der Waals surface area contributed by atoms with Crippen LogP contribution < -0.4 is 0 Å². The van der Waals surface area contributed by atoms with E-state index >= 15 is 0 Å². The molecule has 0 aromatic rings.